The molecule has 0 saturated carbocycles. The summed E-state index contributed by atoms with van der Waals surface area (Å²) < 4.78 is 5.26. The van der Waals surface area contributed by atoms with Gasteiger partial charge < -0.3 is 10.5 Å². The molecule has 0 amide bonds. The van der Waals surface area contributed by atoms with Crippen molar-refractivity contribution in [2.45, 2.75) is 12.5 Å². The van der Waals surface area contributed by atoms with Crippen molar-refractivity contribution in [1.82, 2.24) is 4.90 Å². The van der Waals surface area contributed by atoms with Crippen LogP contribution in [0.5, 0.6) is 0 Å². The highest BCUT2D eigenvalue weighted by atomic mass is 16.5. The lowest BCUT2D eigenvalue weighted by Gasteiger charge is -2.25. The molecule has 3 heteroatoms. The number of likely N-dealkylation sites (N-methyl/N-ethyl adjacent to an activating group) is 1. The molecule has 0 aliphatic carbocycles. The van der Waals surface area contributed by atoms with Gasteiger partial charge in [0.05, 0.1) is 6.61 Å². The molecule has 1 rings (SSSR count). The smallest absolute Gasteiger partial charge is 0.0509 e. The third kappa shape index (κ3) is 2.97. The molecule has 2 unspecified atom stereocenters. The fraction of sp³-hybridized carbons (Fsp3) is 0.538. The summed E-state index contributed by atoms with van der Waals surface area (Å²) in [6.45, 7) is 5.56. The Hall–Kier alpha value is -1.06. The molecule has 1 aliphatic heterocycles. The van der Waals surface area contributed by atoms with E-state index < -0.39 is 0 Å². The van der Waals surface area contributed by atoms with E-state index >= 15 is 0 Å². The summed E-state index contributed by atoms with van der Waals surface area (Å²) in [6, 6.07) is 0.362. The highest BCUT2D eigenvalue weighted by molar-refractivity contribution is 5.28. The van der Waals surface area contributed by atoms with Crippen molar-refractivity contribution in [3.05, 3.63) is 36.6 Å². The first kappa shape index (κ1) is 13.0. The van der Waals surface area contributed by atoms with Gasteiger partial charge in [-0.3, -0.25) is 4.90 Å². The van der Waals surface area contributed by atoms with Gasteiger partial charge in [-0.05, 0) is 31.8 Å². The van der Waals surface area contributed by atoms with Crippen LogP contribution >= 0.6 is 0 Å². The molecule has 0 aromatic heterocycles. The monoisotopic (exact) mass is 222 g/mol. The summed E-state index contributed by atoms with van der Waals surface area (Å²) in [5.41, 5.74) is 6.84. The Bertz CT molecular complexity index is 282. The average molecular weight is 222 g/mol. The SMILES string of the molecule is C=C/C=C\C(=C/N)C1C(COC)CCN1C. The van der Waals surface area contributed by atoms with Gasteiger partial charge in [-0.25, -0.2) is 0 Å². The van der Waals surface area contributed by atoms with Crippen molar-refractivity contribution >= 4 is 0 Å². The van der Waals surface area contributed by atoms with E-state index in [9.17, 15) is 0 Å². The molecule has 1 saturated heterocycles. The van der Waals surface area contributed by atoms with Gasteiger partial charge in [0.2, 0.25) is 0 Å². The molecular weight excluding hydrogens is 200 g/mol. The third-order valence-electron chi connectivity index (χ3n) is 3.11. The molecule has 16 heavy (non-hydrogen) atoms. The molecule has 2 N–H and O–H groups in total. The van der Waals surface area contributed by atoms with Crippen LogP contribution in [0.25, 0.3) is 0 Å². The Morgan fingerprint density at radius 1 is 1.62 bits per heavy atom. The predicted octanol–water partition coefficient (Wildman–Crippen LogP) is 1.54. The van der Waals surface area contributed by atoms with Gasteiger partial charge in [0, 0.05) is 19.1 Å². The summed E-state index contributed by atoms with van der Waals surface area (Å²) in [7, 11) is 3.88. The Morgan fingerprint density at radius 3 is 2.94 bits per heavy atom. The van der Waals surface area contributed by atoms with Crippen molar-refractivity contribution in [1.29, 1.82) is 0 Å². The Kier molecular flexibility index (Phi) is 5.29. The quantitative estimate of drug-likeness (QED) is 0.717. The van der Waals surface area contributed by atoms with E-state index in [1.54, 1.807) is 19.4 Å². The first-order valence-corrected chi connectivity index (χ1v) is 5.64. The lowest BCUT2D eigenvalue weighted by molar-refractivity contribution is 0.140. The number of allylic oxidation sites excluding steroid dienone is 2. The van der Waals surface area contributed by atoms with Gasteiger partial charge in [0.15, 0.2) is 0 Å². The summed E-state index contributed by atoms with van der Waals surface area (Å²) in [5.74, 6) is 0.527. The summed E-state index contributed by atoms with van der Waals surface area (Å²) in [6.07, 6.45) is 8.57. The molecule has 2 atom stereocenters. The molecule has 0 radical (unpaired) electrons. The number of nitrogens with two attached hydrogens (primary N) is 1. The van der Waals surface area contributed by atoms with Crippen LogP contribution < -0.4 is 5.73 Å². The van der Waals surface area contributed by atoms with Crippen LogP contribution in [0.1, 0.15) is 6.42 Å². The van der Waals surface area contributed by atoms with Crippen LogP contribution in [0.4, 0.5) is 0 Å². The van der Waals surface area contributed by atoms with E-state index in [1.165, 1.54) is 0 Å². The number of ether oxygens (including phenoxy) is 1. The van der Waals surface area contributed by atoms with Gasteiger partial charge in [0.25, 0.3) is 0 Å². The van der Waals surface area contributed by atoms with Crippen LogP contribution in [0.3, 0.4) is 0 Å². The van der Waals surface area contributed by atoms with Crippen molar-refractivity contribution in [2.24, 2.45) is 11.7 Å². The van der Waals surface area contributed by atoms with Gasteiger partial charge in [-0.15, -0.1) is 0 Å². The summed E-state index contributed by atoms with van der Waals surface area (Å²) in [5, 5.41) is 0. The molecule has 0 aromatic rings. The van der Waals surface area contributed by atoms with Crippen molar-refractivity contribution < 1.29 is 4.74 Å². The molecule has 1 aliphatic rings. The van der Waals surface area contributed by atoms with Crippen LogP contribution in [-0.4, -0.2) is 38.3 Å². The minimum Gasteiger partial charge on any atom is -0.404 e. The number of rotatable bonds is 5. The van der Waals surface area contributed by atoms with E-state index in [1.807, 2.05) is 12.2 Å². The minimum absolute atomic E-state index is 0.362. The van der Waals surface area contributed by atoms with Gasteiger partial charge in [-0.2, -0.15) is 0 Å². The van der Waals surface area contributed by atoms with Crippen molar-refractivity contribution in [2.75, 3.05) is 27.3 Å². The fourth-order valence-electron chi connectivity index (χ4n) is 2.37. The van der Waals surface area contributed by atoms with Crippen LogP contribution in [0.15, 0.2) is 36.6 Å². The van der Waals surface area contributed by atoms with Crippen LogP contribution in [-0.2, 0) is 4.74 Å². The molecule has 1 heterocycles. The van der Waals surface area contributed by atoms with E-state index in [-0.39, 0.29) is 0 Å². The number of likely N-dealkylation sites (tertiary alicyclic amines) is 1. The Morgan fingerprint density at radius 2 is 2.38 bits per heavy atom. The average Bonchev–Trinajstić information content (AvgIpc) is 2.63. The van der Waals surface area contributed by atoms with E-state index in [2.05, 4.69) is 18.5 Å². The second-order valence-electron chi connectivity index (χ2n) is 4.19. The Balaban J connectivity index is 2.80. The molecule has 90 valence electrons. The highest BCUT2D eigenvalue weighted by Crippen LogP contribution is 2.28. The largest absolute Gasteiger partial charge is 0.404 e. The second kappa shape index (κ2) is 6.51. The standard InChI is InChI=1S/C13H22N2O/c1-4-5-6-11(9-14)13-12(10-16-3)7-8-15(13)2/h4-6,9,12-13H,1,7-8,10,14H2,2-3H3/b6-5-,11-9+. The first-order chi connectivity index (χ1) is 7.74. The van der Waals surface area contributed by atoms with Crippen LogP contribution in [0, 0.1) is 5.92 Å². The number of methoxy groups -OCH3 is 1. The summed E-state index contributed by atoms with van der Waals surface area (Å²) >= 11 is 0. The number of hydrogen-bond acceptors (Lipinski definition) is 3. The van der Waals surface area contributed by atoms with Gasteiger partial charge >= 0.3 is 0 Å². The molecule has 1 fully saturated rings. The van der Waals surface area contributed by atoms with Crippen LogP contribution in [0.2, 0.25) is 0 Å². The van der Waals surface area contributed by atoms with Gasteiger partial charge in [0.1, 0.15) is 0 Å². The summed E-state index contributed by atoms with van der Waals surface area (Å²) in [4.78, 5) is 2.33. The zero-order chi connectivity index (χ0) is 12.0. The van der Waals surface area contributed by atoms with E-state index in [0.717, 1.165) is 25.1 Å². The first-order valence-electron chi connectivity index (χ1n) is 5.64. The van der Waals surface area contributed by atoms with E-state index in [0.29, 0.717) is 12.0 Å². The van der Waals surface area contributed by atoms with Crippen molar-refractivity contribution in [3.63, 3.8) is 0 Å². The minimum atomic E-state index is 0.362. The lowest BCUT2D eigenvalue weighted by atomic mass is 9.94. The van der Waals surface area contributed by atoms with E-state index in [4.69, 9.17) is 10.5 Å². The maximum atomic E-state index is 5.70. The third-order valence-corrected chi connectivity index (χ3v) is 3.11. The molecular formula is C13H22N2O. The fourth-order valence-corrected chi connectivity index (χ4v) is 2.37. The Labute approximate surface area is 98.3 Å². The zero-order valence-corrected chi connectivity index (χ0v) is 10.2. The predicted molar refractivity (Wildman–Crippen MR) is 68.0 cm³/mol. The number of hydrogen-bond donors (Lipinski definition) is 1. The highest BCUT2D eigenvalue weighted by Gasteiger charge is 2.33. The maximum Gasteiger partial charge on any atom is 0.0509 e. The molecule has 0 spiro atoms. The maximum absolute atomic E-state index is 5.70. The van der Waals surface area contributed by atoms with Gasteiger partial charge in [-0.1, -0.05) is 24.8 Å². The molecule has 0 bridgehead atoms. The molecule has 3 nitrogen and oxygen atoms in total. The topological polar surface area (TPSA) is 38.5 Å². The zero-order valence-electron chi connectivity index (χ0n) is 10.2. The molecule has 0 aromatic carbocycles. The number of nitrogens with zero attached hydrogens (tertiary/aromatic N) is 1. The second-order valence-corrected chi connectivity index (χ2v) is 4.19. The van der Waals surface area contributed by atoms with Crippen molar-refractivity contribution in [3.8, 4) is 0 Å². The normalized spacial score (nSPS) is 27.8. The lowest BCUT2D eigenvalue weighted by Crippen LogP contribution is -2.33.